The Labute approximate surface area is 146 Å². The maximum Gasteiger partial charge on any atom is 1.00 e. The van der Waals surface area contributed by atoms with Gasteiger partial charge < -0.3 is 9.29 Å². The number of ether oxygens (including phenoxy) is 1. The third-order valence-corrected chi connectivity index (χ3v) is 2.82. The summed E-state index contributed by atoms with van der Waals surface area (Å²) in [5.74, 6) is -0.796. The summed E-state index contributed by atoms with van der Waals surface area (Å²) in [5, 5.41) is 0. The van der Waals surface area contributed by atoms with E-state index in [1.807, 2.05) is 0 Å². The maximum atomic E-state index is 11.1. The summed E-state index contributed by atoms with van der Waals surface area (Å²) in [6.07, 6.45) is 4.45. The van der Waals surface area contributed by atoms with Crippen LogP contribution in [0.2, 0.25) is 0 Å². The zero-order valence-corrected chi connectivity index (χ0v) is 14.5. The van der Waals surface area contributed by atoms with Crippen LogP contribution in [0, 0.1) is 0 Å². The molecule has 0 N–H and O–H groups in total. The van der Waals surface area contributed by atoms with Crippen molar-refractivity contribution in [2.75, 3.05) is 12.4 Å². The summed E-state index contributed by atoms with van der Waals surface area (Å²) in [6, 6.07) is 0. The van der Waals surface area contributed by atoms with Crippen molar-refractivity contribution >= 4 is 16.1 Å². The molecule has 5 nitrogen and oxygen atoms in total. The predicted molar refractivity (Wildman–Crippen MR) is 58.9 cm³/mol. The van der Waals surface area contributed by atoms with Crippen molar-refractivity contribution in [3.63, 3.8) is 0 Å². The zero-order valence-electron chi connectivity index (χ0n) is 10.6. The van der Waals surface area contributed by atoms with Gasteiger partial charge >= 0.3 is 57.4 Å². The number of hydrogen-bond donors (Lipinski definition) is 0. The van der Waals surface area contributed by atoms with Crippen LogP contribution < -0.4 is 51.4 Å². The molecule has 0 aromatic heterocycles. The molecule has 0 saturated heterocycles. The summed E-state index contributed by atoms with van der Waals surface area (Å²) in [5.41, 5.74) is 0. The Balaban J connectivity index is 0. The molecule has 0 unspecified atom stereocenters. The number of carbonyl (C=O) groups excluding carboxylic acids is 1. The number of rotatable bonds is 9. The van der Waals surface area contributed by atoms with Crippen LogP contribution in [0.3, 0.4) is 0 Å². The molecule has 0 amide bonds. The summed E-state index contributed by atoms with van der Waals surface area (Å²) in [6.45, 7) is 2.09. The minimum absolute atomic E-state index is 0. The van der Waals surface area contributed by atoms with Gasteiger partial charge in [0.2, 0.25) is 0 Å². The van der Waals surface area contributed by atoms with Crippen molar-refractivity contribution < 1.29 is 73.9 Å². The monoisotopic (exact) mass is 290 g/mol. The first kappa shape index (κ1) is 20.3. The Morgan fingerprint density at radius 3 is 2.35 bits per heavy atom. The molecule has 0 aliphatic rings. The van der Waals surface area contributed by atoms with Gasteiger partial charge in [0, 0.05) is 12.2 Å². The zero-order chi connectivity index (χ0) is 12.4. The first-order valence-electron chi connectivity index (χ1n) is 5.55. The van der Waals surface area contributed by atoms with Gasteiger partial charge in [-0.15, -0.1) is 0 Å². The molecule has 0 aromatic carbocycles. The van der Waals surface area contributed by atoms with Crippen LogP contribution in [-0.2, 0) is 19.6 Å². The molecule has 0 aliphatic heterocycles. The molecule has 0 saturated carbocycles. The van der Waals surface area contributed by atoms with Gasteiger partial charge in [-0.05, 0) is 12.8 Å². The Bertz CT molecular complexity index is 289. The molecule has 17 heavy (non-hydrogen) atoms. The number of unbranched alkanes of at least 4 members (excludes halogenated alkanes) is 3. The Kier molecular flexibility index (Phi) is 14.4. The van der Waals surface area contributed by atoms with Crippen molar-refractivity contribution in [1.82, 2.24) is 0 Å². The van der Waals surface area contributed by atoms with E-state index >= 15 is 0 Å². The van der Waals surface area contributed by atoms with Crippen LogP contribution >= 0.6 is 0 Å². The minimum atomic E-state index is -4.19. The average molecular weight is 290 g/mol. The molecule has 0 heterocycles. The first-order chi connectivity index (χ1) is 7.45. The Morgan fingerprint density at radius 1 is 1.18 bits per heavy atom. The molecule has 0 fully saturated rings. The molecule has 0 aliphatic carbocycles. The molecule has 0 bridgehead atoms. The van der Waals surface area contributed by atoms with Crippen LogP contribution in [0.25, 0.3) is 0 Å². The van der Waals surface area contributed by atoms with E-state index in [4.69, 9.17) is 4.74 Å². The van der Waals surface area contributed by atoms with E-state index in [-0.39, 0.29) is 70.4 Å². The topological polar surface area (TPSA) is 83.5 Å². The third-order valence-electron chi connectivity index (χ3n) is 2.04. The van der Waals surface area contributed by atoms with Gasteiger partial charge in [0.1, 0.15) is 0 Å². The summed E-state index contributed by atoms with van der Waals surface area (Å²) >= 11 is 0. The molecule has 0 rings (SSSR count). The largest absolute Gasteiger partial charge is 1.00 e. The van der Waals surface area contributed by atoms with Crippen molar-refractivity contribution in [1.29, 1.82) is 0 Å². The molecule has 7 heteroatoms. The quantitative estimate of drug-likeness (QED) is 0.222. The maximum absolute atomic E-state index is 11.1. The van der Waals surface area contributed by atoms with Crippen LogP contribution in [-0.4, -0.2) is 31.3 Å². The number of esters is 1. The predicted octanol–water partition coefficient (Wildman–Crippen LogP) is -1.56. The van der Waals surface area contributed by atoms with Gasteiger partial charge in [-0.1, -0.05) is 26.2 Å². The van der Waals surface area contributed by atoms with Crippen LogP contribution in [0.4, 0.5) is 0 Å². The fraction of sp³-hybridized carbons (Fsp3) is 0.900. The minimum Gasteiger partial charge on any atom is -0.748 e. The molecule has 0 radical (unpaired) electrons. The van der Waals surface area contributed by atoms with E-state index in [0.29, 0.717) is 6.42 Å². The van der Waals surface area contributed by atoms with Crippen molar-refractivity contribution in [2.24, 2.45) is 0 Å². The first-order valence-corrected chi connectivity index (χ1v) is 7.12. The molecule has 0 atom stereocenters. The fourth-order valence-electron chi connectivity index (χ4n) is 1.19. The van der Waals surface area contributed by atoms with Gasteiger partial charge in [0.15, 0.2) is 0 Å². The standard InChI is InChI=1S/C10H20O5S.K/c1-2-3-4-5-7-10(11)15-8-6-9-16(12,13)14;/h2-9H2,1H3,(H,12,13,14);/q;+1/p-1. The molecule has 0 aromatic rings. The summed E-state index contributed by atoms with van der Waals surface area (Å²) in [7, 11) is -4.19. The van der Waals surface area contributed by atoms with Gasteiger partial charge in [-0.3, -0.25) is 4.79 Å². The van der Waals surface area contributed by atoms with E-state index in [1.54, 1.807) is 0 Å². The Morgan fingerprint density at radius 2 is 1.82 bits per heavy atom. The van der Waals surface area contributed by atoms with Crippen LogP contribution in [0.1, 0.15) is 45.4 Å². The summed E-state index contributed by atoms with van der Waals surface area (Å²) < 4.78 is 35.4. The average Bonchev–Trinajstić information content (AvgIpc) is 2.18. The van der Waals surface area contributed by atoms with Crippen molar-refractivity contribution in [2.45, 2.75) is 45.4 Å². The van der Waals surface area contributed by atoms with Gasteiger partial charge in [0.05, 0.1) is 16.7 Å². The summed E-state index contributed by atoms with van der Waals surface area (Å²) in [4.78, 5) is 11.1. The van der Waals surface area contributed by atoms with E-state index in [2.05, 4.69) is 6.92 Å². The third kappa shape index (κ3) is 17.0. The second-order valence-corrected chi connectivity index (χ2v) is 5.17. The normalized spacial score (nSPS) is 10.7. The SMILES string of the molecule is CCCCCCC(=O)OCCCS(=O)(=O)[O-].[K+]. The molecular weight excluding hydrogens is 271 g/mol. The second-order valence-electron chi connectivity index (χ2n) is 3.65. The van der Waals surface area contributed by atoms with Gasteiger partial charge in [-0.25, -0.2) is 8.42 Å². The van der Waals surface area contributed by atoms with Crippen molar-refractivity contribution in [3.05, 3.63) is 0 Å². The van der Waals surface area contributed by atoms with Crippen molar-refractivity contribution in [3.8, 4) is 0 Å². The number of carbonyl (C=O) groups is 1. The van der Waals surface area contributed by atoms with Crippen LogP contribution in [0.15, 0.2) is 0 Å². The van der Waals surface area contributed by atoms with E-state index in [0.717, 1.165) is 25.7 Å². The van der Waals surface area contributed by atoms with E-state index < -0.39 is 15.9 Å². The van der Waals surface area contributed by atoms with Gasteiger partial charge in [0.25, 0.3) is 0 Å². The molecular formula is C10H19KO5S. The molecule has 96 valence electrons. The molecule has 0 spiro atoms. The van der Waals surface area contributed by atoms with E-state index in [9.17, 15) is 17.8 Å². The van der Waals surface area contributed by atoms with Crippen LogP contribution in [0.5, 0.6) is 0 Å². The van der Waals surface area contributed by atoms with Gasteiger partial charge in [-0.2, -0.15) is 0 Å². The number of hydrogen-bond acceptors (Lipinski definition) is 5. The second kappa shape index (κ2) is 12.1. The van der Waals surface area contributed by atoms with E-state index in [1.165, 1.54) is 0 Å². The Hall–Kier alpha value is 1.02. The smallest absolute Gasteiger partial charge is 0.748 e. The fourth-order valence-corrected chi connectivity index (χ4v) is 1.66.